The summed E-state index contributed by atoms with van der Waals surface area (Å²) >= 11 is 2.21. The number of amides is 1. The second kappa shape index (κ2) is 5.78. The molecule has 0 fully saturated rings. The van der Waals surface area contributed by atoms with Gasteiger partial charge in [-0.05, 0) is 33.1 Å². The lowest BCUT2D eigenvalue weighted by Crippen LogP contribution is -2.36. The van der Waals surface area contributed by atoms with Gasteiger partial charge < -0.3 is 10.1 Å². The molecule has 3 nitrogen and oxygen atoms in total. The molecule has 0 saturated carbocycles. The summed E-state index contributed by atoms with van der Waals surface area (Å²) < 4.78 is 5.28. The van der Waals surface area contributed by atoms with Gasteiger partial charge in [0.05, 0.1) is 4.05 Å². The van der Waals surface area contributed by atoms with Crippen molar-refractivity contribution in [3.05, 3.63) is 0 Å². The van der Waals surface area contributed by atoms with E-state index in [0.717, 1.165) is 6.42 Å². The first kappa shape index (κ1) is 14.0. The van der Waals surface area contributed by atoms with Crippen molar-refractivity contribution in [2.45, 2.75) is 50.7 Å². The predicted molar refractivity (Wildman–Crippen MR) is 66.6 cm³/mol. The molecule has 0 bridgehead atoms. The Labute approximate surface area is 100 Å². The molecule has 0 rings (SSSR count). The zero-order valence-electron chi connectivity index (χ0n) is 9.56. The Morgan fingerprint density at radius 2 is 1.93 bits per heavy atom. The molecule has 0 heterocycles. The standard InChI is InChI=1S/C10H20INO2/c1-7(2)6-8(11)12-9(13)14-10(3,4)5/h7-8H,6H2,1-5H3,(H,12,13)/t8-/m0/s1. The van der Waals surface area contributed by atoms with E-state index in [2.05, 4.69) is 41.8 Å². The van der Waals surface area contributed by atoms with E-state index < -0.39 is 5.60 Å². The van der Waals surface area contributed by atoms with Gasteiger partial charge in [0.15, 0.2) is 0 Å². The molecule has 0 spiro atoms. The summed E-state index contributed by atoms with van der Waals surface area (Å²) in [5.74, 6) is 0.576. The normalized spacial score (nSPS) is 13.9. The third kappa shape index (κ3) is 8.59. The van der Waals surface area contributed by atoms with Crippen LogP contribution in [0.3, 0.4) is 0 Å². The van der Waals surface area contributed by atoms with Crippen LogP contribution in [0.4, 0.5) is 4.79 Å². The van der Waals surface area contributed by atoms with Gasteiger partial charge in [0, 0.05) is 0 Å². The minimum absolute atomic E-state index is 0.141. The minimum Gasteiger partial charge on any atom is -0.444 e. The molecule has 0 aromatic rings. The van der Waals surface area contributed by atoms with E-state index in [1.165, 1.54) is 0 Å². The molecule has 1 N–H and O–H groups in total. The van der Waals surface area contributed by atoms with Crippen molar-refractivity contribution in [3.8, 4) is 0 Å². The Kier molecular flexibility index (Phi) is 5.78. The number of carbonyl (C=O) groups excluding carboxylic acids is 1. The molecule has 0 unspecified atom stereocenters. The van der Waals surface area contributed by atoms with Crippen LogP contribution >= 0.6 is 22.6 Å². The molecule has 4 heteroatoms. The maximum absolute atomic E-state index is 11.3. The van der Waals surface area contributed by atoms with Crippen LogP contribution in [0.15, 0.2) is 0 Å². The molecule has 84 valence electrons. The van der Waals surface area contributed by atoms with Crippen LogP contribution in [0.2, 0.25) is 0 Å². The fourth-order valence-corrected chi connectivity index (χ4v) is 2.18. The lowest BCUT2D eigenvalue weighted by atomic mass is 10.1. The lowest BCUT2D eigenvalue weighted by Gasteiger charge is -2.21. The smallest absolute Gasteiger partial charge is 0.408 e. The van der Waals surface area contributed by atoms with E-state index in [1.54, 1.807) is 0 Å². The Balaban J connectivity index is 3.83. The molecule has 0 radical (unpaired) electrons. The molecule has 1 amide bonds. The van der Waals surface area contributed by atoms with Crippen molar-refractivity contribution in [1.29, 1.82) is 0 Å². The van der Waals surface area contributed by atoms with E-state index in [0.29, 0.717) is 5.92 Å². The number of hydrogen-bond acceptors (Lipinski definition) is 2. The highest BCUT2D eigenvalue weighted by molar-refractivity contribution is 14.1. The van der Waals surface area contributed by atoms with Crippen molar-refractivity contribution in [1.82, 2.24) is 5.32 Å². The van der Waals surface area contributed by atoms with E-state index in [1.807, 2.05) is 20.8 Å². The Bertz CT molecular complexity index is 187. The highest BCUT2D eigenvalue weighted by Gasteiger charge is 2.18. The van der Waals surface area contributed by atoms with Gasteiger partial charge in [0.1, 0.15) is 5.60 Å². The zero-order valence-corrected chi connectivity index (χ0v) is 11.7. The van der Waals surface area contributed by atoms with Crippen LogP contribution in [0.25, 0.3) is 0 Å². The van der Waals surface area contributed by atoms with Gasteiger partial charge in [0.25, 0.3) is 0 Å². The van der Waals surface area contributed by atoms with Crippen LogP contribution in [-0.2, 0) is 4.74 Å². The molecule has 0 aliphatic carbocycles. The maximum Gasteiger partial charge on any atom is 0.408 e. The van der Waals surface area contributed by atoms with Crippen LogP contribution in [0.1, 0.15) is 41.0 Å². The fourth-order valence-electron chi connectivity index (χ4n) is 0.908. The Hall–Kier alpha value is 0. The largest absolute Gasteiger partial charge is 0.444 e. The van der Waals surface area contributed by atoms with Gasteiger partial charge >= 0.3 is 6.09 Å². The van der Waals surface area contributed by atoms with E-state index in [9.17, 15) is 4.79 Å². The summed E-state index contributed by atoms with van der Waals surface area (Å²) in [6.07, 6.45) is 0.623. The second-order valence-corrected chi connectivity index (χ2v) is 6.25. The van der Waals surface area contributed by atoms with E-state index >= 15 is 0 Å². The molecular weight excluding hydrogens is 293 g/mol. The van der Waals surface area contributed by atoms with Crippen LogP contribution in [0, 0.1) is 5.92 Å². The molecule has 0 aliphatic heterocycles. The number of halogens is 1. The second-order valence-electron chi connectivity index (χ2n) is 4.74. The predicted octanol–water partition coefficient (Wildman–Crippen LogP) is 3.32. The summed E-state index contributed by atoms with van der Waals surface area (Å²) in [6, 6.07) is 0. The minimum atomic E-state index is -0.418. The third-order valence-corrected chi connectivity index (χ3v) is 2.17. The van der Waals surface area contributed by atoms with Crippen molar-refractivity contribution >= 4 is 28.7 Å². The van der Waals surface area contributed by atoms with Crippen molar-refractivity contribution in [2.75, 3.05) is 0 Å². The first-order chi connectivity index (χ1) is 6.20. The van der Waals surface area contributed by atoms with Crippen LogP contribution in [0.5, 0.6) is 0 Å². The number of carbonyl (C=O) groups is 1. The molecule has 14 heavy (non-hydrogen) atoms. The van der Waals surface area contributed by atoms with Crippen LogP contribution < -0.4 is 5.32 Å². The van der Waals surface area contributed by atoms with Gasteiger partial charge in [-0.2, -0.15) is 0 Å². The average Bonchev–Trinajstić information content (AvgIpc) is 1.77. The Morgan fingerprint density at radius 3 is 2.29 bits per heavy atom. The van der Waals surface area contributed by atoms with Gasteiger partial charge in [0.2, 0.25) is 0 Å². The summed E-state index contributed by atoms with van der Waals surface area (Å²) in [4.78, 5) is 11.3. The van der Waals surface area contributed by atoms with Gasteiger partial charge in [-0.25, -0.2) is 4.79 Å². The van der Waals surface area contributed by atoms with Gasteiger partial charge in [-0.15, -0.1) is 0 Å². The first-order valence-electron chi connectivity index (χ1n) is 4.84. The highest BCUT2D eigenvalue weighted by atomic mass is 127. The molecule has 0 saturated heterocycles. The number of nitrogens with one attached hydrogen (secondary N) is 1. The molecule has 1 atom stereocenters. The third-order valence-electron chi connectivity index (χ3n) is 1.35. The summed E-state index contributed by atoms with van der Waals surface area (Å²) in [7, 11) is 0. The summed E-state index contributed by atoms with van der Waals surface area (Å²) in [5, 5.41) is 2.79. The van der Waals surface area contributed by atoms with Crippen LogP contribution in [-0.4, -0.2) is 15.7 Å². The van der Waals surface area contributed by atoms with Crippen molar-refractivity contribution in [2.24, 2.45) is 5.92 Å². The number of hydrogen-bond donors (Lipinski definition) is 1. The molecule has 0 aromatic heterocycles. The van der Waals surface area contributed by atoms with E-state index in [4.69, 9.17) is 4.74 Å². The van der Waals surface area contributed by atoms with Crippen molar-refractivity contribution < 1.29 is 9.53 Å². The maximum atomic E-state index is 11.3. The van der Waals surface area contributed by atoms with Gasteiger partial charge in [-0.3, -0.25) is 0 Å². The van der Waals surface area contributed by atoms with Crippen molar-refractivity contribution in [3.63, 3.8) is 0 Å². The quantitative estimate of drug-likeness (QED) is 0.493. The van der Waals surface area contributed by atoms with E-state index in [-0.39, 0.29) is 10.1 Å². The number of ether oxygens (including phenoxy) is 1. The lowest BCUT2D eigenvalue weighted by molar-refractivity contribution is 0.0522. The molecular formula is C10H20INO2. The number of rotatable bonds is 3. The Morgan fingerprint density at radius 1 is 1.43 bits per heavy atom. The highest BCUT2D eigenvalue weighted by Crippen LogP contribution is 2.12. The fraction of sp³-hybridized carbons (Fsp3) is 0.900. The van der Waals surface area contributed by atoms with Gasteiger partial charge in [-0.1, -0.05) is 36.4 Å². The first-order valence-corrected chi connectivity index (χ1v) is 6.09. The SMILES string of the molecule is CC(C)C[C@@H](I)NC(=O)OC(C)(C)C. The zero-order chi connectivity index (χ0) is 11.4. The number of alkyl carbamates (subject to hydrolysis) is 1. The monoisotopic (exact) mass is 313 g/mol. The summed E-state index contributed by atoms with van der Waals surface area (Å²) in [6.45, 7) is 9.83. The summed E-state index contributed by atoms with van der Waals surface area (Å²) in [5.41, 5.74) is -0.418. The number of alkyl halides is 1. The molecule has 0 aromatic carbocycles. The molecule has 0 aliphatic rings. The average molecular weight is 313 g/mol. The topological polar surface area (TPSA) is 38.3 Å².